The Labute approximate surface area is 528 Å². The molecule has 1 N–H and O–H groups in total. The van der Waals surface area contributed by atoms with Crippen LogP contribution in [-0.4, -0.2) is 61.0 Å². The van der Waals surface area contributed by atoms with Crippen molar-refractivity contribution in [2.45, 2.75) is 7.43 Å². The SMILES string of the molecule is C.COC(=O)c1cccc2[nH]ccc12.COC(=O)c1cccc2c1c(Br)cn2-c1ccc(Oc2ccc(F)cc2)cc1.COC(=O)c1cccc2c1ccn2-c1ccc(Oc2ccc(F)cc2)cc1.Fc1ccc(Oc2ccc(I)cc2)cc1.[B]=NS. The van der Waals surface area contributed by atoms with Gasteiger partial charge in [0, 0.05) is 59.7 Å². The number of hydrogen-bond donors (Lipinski definition) is 2. The van der Waals surface area contributed by atoms with Gasteiger partial charge in [0.05, 0.1) is 49.1 Å². The van der Waals surface area contributed by atoms with E-state index in [1.807, 2.05) is 143 Å². The number of ether oxygens (including phenoxy) is 6. The van der Waals surface area contributed by atoms with E-state index >= 15 is 0 Å². The normalized spacial score (nSPS) is 10.2. The number of H-pyrrole nitrogens is 1. The summed E-state index contributed by atoms with van der Waals surface area (Å²) in [6.07, 6.45) is 5.62. The second-order valence-electron chi connectivity index (χ2n) is 17.9. The Morgan fingerprint density at radius 3 is 1.31 bits per heavy atom. The molecule has 0 aliphatic heterocycles. The number of nitrogens with one attached hydrogen (secondary N) is 1. The van der Waals surface area contributed by atoms with Crippen molar-refractivity contribution in [2.75, 3.05) is 21.3 Å². The summed E-state index contributed by atoms with van der Waals surface area (Å²) in [5, 5.41) is 2.52. The summed E-state index contributed by atoms with van der Waals surface area (Å²) in [6.45, 7) is 0. The van der Waals surface area contributed by atoms with E-state index in [0.29, 0.717) is 45.4 Å². The molecule has 0 aliphatic rings. The van der Waals surface area contributed by atoms with Gasteiger partial charge in [-0.1, -0.05) is 25.6 Å². The number of carbonyl (C=O) groups is 3. The quantitative estimate of drug-likeness (QED) is 0.0425. The summed E-state index contributed by atoms with van der Waals surface area (Å²) in [7, 11) is 8.46. The van der Waals surface area contributed by atoms with Crippen LogP contribution < -0.4 is 14.2 Å². The van der Waals surface area contributed by atoms with Gasteiger partial charge in [-0.25, -0.2) is 27.6 Å². The molecule has 20 heteroatoms. The van der Waals surface area contributed by atoms with Gasteiger partial charge in [-0.2, -0.15) is 0 Å². The van der Waals surface area contributed by atoms with Crippen molar-refractivity contribution in [3.8, 4) is 45.9 Å². The maximum absolute atomic E-state index is 13.0. The standard InChI is InChI=1S/C22H15BrFNO3.C22H16FNO3.C12H8FIO.C10H9NO2.CH4.BHNS/c1-27-22(26)18-3-2-4-20-21(18)19(23)13-25(20)15-7-11-17(12-8-15)28-16-9-5-14(24)6-10-16;1-26-22(25)20-3-2-4-21-19(20)13-14-24(21)16-7-11-18(12-8-16)27-17-9-5-15(23)6-10-17;13-9-1-5-11(6-2-9)15-12-7-3-10(14)4-8-12;1-13-10(12)8-3-2-4-9-7(8)5-6-11-9;;1-2-3/h2-13H,1H3;2-14H,1H3;1-8H;2-6,11H,1H3;1H4;3H. The first kappa shape index (κ1) is 65.2. The zero-order chi connectivity index (χ0) is 61.1. The minimum absolute atomic E-state index is 0. The molecule has 12 rings (SSSR count). The Hall–Kier alpha value is -9.38. The third kappa shape index (κ3) is 17.2. The summed E-state index contributed by atoms with van der Waals surface area (Å²) >= 11 is 8.96. The van der Waals surface area contributed by atoms with Crippen LogP contribution in [0.2, 0.25) is 0 Å². The Kier molecular flexibility index (Phi) is 23.7. The van der Waals surface area contributed by atoms with Gasteiger partial charge in [-0.05, 0) is 233 Å². The zero-order valence-electron chi connectivity index (χ0n) is 45.9. The molecule has 0 bridgehead atoms. The predicted molar refractivity (Wildman–Crippen MR) is 349 cm³/mol. The molecule has 0 fully saturated rings. The fraction of sp³-hybridized carbons (Fsp3) is 0.0597. The van der Waals surface area contributed by atoms with Gasteiger partial charge in [-0.3, -0.25) is 0 Å². The molecule has 0 aliphatic carbocycles. The van der Waals surface area contributed by atoms with Gasteiger partial charge in [0.15, 0.2) is 0 Å². The summed E-state index contributed by atoms with van der Waals surface area (Å²) < 4.78 is 78.6. The van der Waals surface area contributed by atoms with Gasteiger partial charge < -0.3 is 42.5 Å². The zero-order valence-corrected chi connectivity index (χ0v) is 50.5. The first-order valence-corrected chi connectivity index (χ1v) is 28.0. The molecule has 3 heterocycles. The number of aromatic nitrogens is 3. The number of fused-ring (bicyclic) bond motifs is 3. The molecule has 0 spiro atoms. The third-order valence-electron chi connectivity index (χ3n) is 12.5. The van der Waals surface area contributed by atoms with E-state index in [4.69, 9.17) is 23.7 Å². The molecular weight excluding hydrogens is 1310 g/mol. The summed E-state index contributed by atoms with van der Waals surface area (Å²) in [4.78, 5) is 38.3. The van der Waals surface area contributed by atoms with Crippen LogP contribution in [0.1, 0.15) is 38.5 Å². The van der Waals surface area contributed by atoms with Crippen LogP contribution in [-0.2, 0) is 14.2 Å². The summed E-state index contributed by atoms with van der Waals surface area (Å²) in [5.41, 5.74) is 6.20. The maximum atomic E-state index is 13.0. The fourth-order valence-electron chi connectivity index (χ4n) is 8.56. The van der Waals surface area contributed by atoms with Gasteiger partial charge in [0.1, 0.15) is 51.9 Å². The van der Waals surface area contributed by atoms with Gasteiger partial charge >= 0.3 is 42.7 Å². The van der Waals surface area contributed by atoms with Gasteiger partial charge in [0.25, 0.3) is 0 Å². The fourth-order valence-corrected chi connectivity index (χ4v) is 9.54. The van der Waals surface area contributed by atoms with E-state index in [0.717, 1.165) is 57.9 Å². The Morgan fingerprint density at radius 2 is 0.862 bits per heavy atom. The topological polar surface area (TPSA) is 145 Å². The molecule has 1 radical (unpaired) electrons. The van der Waals surface area contributed by atoms with Gasteiger partial charge in [0.2, 0.25) is 0 Å². The van der Waals surface area contributed by atoms with E-state index in [2.05, 4.69) is 73.0 Å². The first-order valence-electron chi connectivity index (χ1n) is 25.7. The molecule has 9 aromatic carbocycles. The average molecular weight is 1360 g/mol. The number of benzene rings is 9. The number of methoxy groups -OCH3 is 3. The van der Waals surface area contributed by atoms with Crippen LogP contribution in [0.4, 0.5) is 13.2 Å². The Morgan fingerprint density at radius 1 is 0.494 bits per heavy atom. The van der Waals surface area contributed by atoms with Crippen LogP contribution in [0.5, 0.6) is 34.5 Å². The average Bonchev–Trinajstić information content (AvgIpc) is 1.90. The number of hydrogen-bond acceptors (Lipinski definition) is 11. The van der Waals surface area contributed by atoms with Crippen molar-refractivity contribution in [3.63, 3.8) is 0 Å². The van der Waals surface area contributed by atoms with Crippen molar-refractivity contribution in [1.82, 2.24) is 14.1 Å². The molecule has 87 heavy (non-hydrogen) atoms. The molecule has 0 unspecified atom stereocenters. The van der Waals surface area contributed by atoms with E-state index in [1.165, 1.54) is 57.7 Å². The molecule has 0 saturated carbocycles. The van der Waals surface area contributed by atoms with Crippen molar-refractivity contribution in [2.24, 2.45) is 4.30 Å². The van der Waals surface area contributed by atoms with Crippen molar-refractivity contribution >= 4 is 110 Å². The summed E-state index contributed by atoms with van der Waals surface area (Å²) in [5.74, 6) is 1.90. The number of nitrogens with zero attached hydrogens (tertiary/aromatic N) is 3. The van der Waals surface area contributed by atoms with Crippen molar-refractivity contribution in [1.29, 1.82) is 0 Å². The summed E-state index contributed by atoms with van der Waals surface area (Å²) in [6, 6.07) is 60.7. The van der Waals surface area contributed by atoms with E-state index in [9.17, 15) is 27.6 Å². The monoisotopic (exact) mass is 1360 g/mol. The second-order valence-corrected chi connectivity index (χ2v) is 20.2. The van der Waals surface area contributed by atoms with Crippen molar-refractivity contribution in [3.05, 3.63) is 273 Å². The molecule has 0 amide bonds. The number of carbonyl (C=O) groups excluding carboxylic acids is 3. The Bertz CT molecular complexity index is 4210. The molecule has 0 atom stereocenters. The van der Waals surface area contributed by atoms with Crippen LogP contribution in [0.3, 0.4) is 0 Å². The van der Waals surface area contributed by atoms with Crippen LogP contribution in [0.25, 0.3) is 44.1 Å². The molecular formula is C67H53BBrF3IN4O9S. The van der Waals surface area contributed by atoms with Crippen LogP contribution in [0, 0.1) is 21.0 Å². The van der Waals surface area contributed by atoms with Crippen molar-refractivity contribution < 1.29 is 56.0 Å². The molecule has 439 valence electrons. The van der Waals surface area contributed by atoms with Crippen LogP contribution in [0.15, 0.2) is 240 Å². The number of halogens is 5. The number of esters is 3. The second kappa shape index (κ2) is 31.7. The predicted octanol–water partition coefficient (Wildman–Crippen LogP) is 18.5. The van der Waals surface area contributed by atoms with Gasteiger partial charge in [-0.15, -0.1) is 0 Å². The molecule has 12 aromatic rings. The third-order valence-corrected chi connectivity index (χ3v) is 13.8. The first-order chi connectivity index (χ1) is 41.7. The minimum atomic E-state index is -0.382. The number of aromatic amines is 1. The number of rotatable bonds is 11. The molecule has 13 nitrogen and oxygen atoms in total. The van der Waals surface area contributed by atoms with Crippen LogP contribution >= 0.6 is 51.3 Å². The molecule has 3 aromatic heterocycles. The Balaban J connectivity index is 0.000000170. The van der Waals surface area contributed by atoms with E-state index < -0.39 is 0 Å². The molecule has 0 saturated heterocycles. The van der Waals surface area contributed by atoms with E-state index in [-0.39, 0.29) is 42.8 Å². The van der Waals surface area contributed by atoms with E-state index in [1.54, 1.807) is 60.8 Å². The number of thiol groups is 1.